The molecule has 0 heterocycles. The monoisotopic (exact) mass is 297 g/mol. The van der Waals surface area contributed by atoms with Crippen molar-refractivity contribution in [1.82, 2.24) is 5.43 Å². The average Bonchev–Trinajstić information content (AvgIpc) is 2.58. The predicted octanol–water partition coefficient (Wildman–Crippen LogP) is 2.63. The van der Waals surface area contributed by atoms with Gasteiger partial charge in [0, 0.05) is 18.8 Å². The quantitative estimate of drug-likeness (QED) is 0.447. The SMILES string of the molecule is CCN(Cc1ccccc1)c1ccc(C=NNCCO)cc1. The van der Waals surface area contributed by atoms with E-state index in [1.54, 1.807) is 6.21 Å². The molecule has 2 rings (SSSR count). The maximum absolute atomic E-state index is 8.67. The Morgan fingerprint density at radius 1 is 1.09 bits per heavy atom. The van der Waals surface area contributed by atoms with E-state index in [4.69, 9.17) is 5.11 Å². The van der Waals surface area contributed by atoms with Crippen LogP contribution in [0, 0.1) is 0 Å². The van der Waals surface area contributed by atoms with Gasteiger partial charge in [-0.05, 0) is 30.2 Å². The highest BCUT2D eigenvalue weighted by atomic mass is 16.3. The molecular formula is C18H23N3O. The second-order valence-electron chi connectivity index (χ2n) is 4.98. The minimum absolute atomic E-state index is 0.0845. The lowest BCUT2D eigenvalue weighted by molar-refractivity contribution is 0.294. The molecule has 0 aliphatic carbocycles. The fourth-order valence-electron chi connectivity index (χ4n) is 2.20. The van der Waals surface area contributed by atoms with Crippen molar-refractivity contribution in [2.24, 2.45) is 5.10 Å². The molecule has 0 radical (unpaired) electrons. The maximum Gasteiger partial charge on any atom is 0.0620 e. The summed E-state index contributed by atoms with van der Waals surface area (Å²) in [6.45, 7) is 4.58. The van der Waals surface area contributed by atoms with Crippen LogP contribution in [0.4, 0.5) is 5.69 Å². The third-order valence-corrected chi connectivity index (χ3v) is 3.38. The Morgan fingerprint density at radius 2 is 1.82 bits per heavy atom. The molecule has 0 aromatic heterocycles. The third-order valence-electron chi connectivity index (χ3n) is 3.38. The van der Waals surface area contributed by atoms with Gasteiger partial charge < -0.3 is 15.4 Å². The number of hydrazone groups is 1. The Bertz CT molecular complexity index is 567. The number of hydrogen-bond acceptors (Lipinski definition) is 4. The summed E-state index contributed by atoms with van der Waals surface area (Å²) in [7, 11) is 0. The summed E-state index contributed by atoms with van der Waals surface area (Å²) >= 11 is 0. The molecule has 0 fully saturated rings. The molecule has 4 nitrogen and oxygen atoms in total. The Morgan fingerprint density at radius 3 is 2.45 bits per heavy atom. The predicted molar refractivity (Wildman–Crippen MR) is 92.3 cm³/mol. The number of rotatable bonds is 8. The minimum Gasteiger partial charge on any atom is -0.394 e. The summed E-state index contributed by atoms with van der Waals surface area (Å²) in [5, 5.41) is 12.7. The van der Waals surface area contributed by atoms with Crippen molar-refractivity contribution >= 4 is 11.9 Å². The zero-order chi connectivity index (χ0) is 15.6. The lowest BCUT2D eigenvalue weighted by Crippen LogP contribution is -2.21. The molecule has 0 aliphatic heterocycles. The molecule has 4 heteroatoms. The lowest BCUT2D eigenvalue weighted by Gasteiger charge is -2.23. The number of hydrogen-bond donors (Lipinski definition) is 2. The van der Waals surface area contributed by atoms with Gasteiger partial charge in [-0.15, -0.1) is 0 Å². The van der Waals surface area contributed by atoms with E-state index in [9.17, 15) is 0 Å². The van der Waals surface area contributed by atoms with Crippen LogP contribution in [0.15, 0.2) is 59.7 Å². The molecule has 0 amide bonds. The number of nitrogens with zero attached hydrogens (tertiary/aromatic N) is 2. The molecule has 0 saturated carbocycles. The van der Waals surface area contributed by atoms with Crippen LogP contribution in [0.2, 0.25) is 0 Å². The fourth-order valence-corrected chi connectivity index (χ4v) is 2.20. The van der Waals surface area contributed by atoms with Crippen LogP contribution in [0.1, 0.15) is 18.1 Å². The Labute approximate surface area is 132 Å². The zero-order valence-corrected chi connectivity index (χ0v) is 12.9. The second kappa shape index (κ2) is 8.85. The van der Waals surface area contributed by atoms with Crippen LogP contribution in [0.25, 0.3) is 0 Å². The van der Waals surface area contributed by atoms with Crippen LogP contribution in [0.5, 0.6) is 0 Å². The third kappa shape index (κ3) is 4.90. The molecule has 0 unspecified atom stereocenters. The molecular weight excluding hydrogens is 274 g/mol. The van der Waals surface area contributed by atoms with Gasteiger partial charge >= 0.3 is 0 Å². The van der Waals surface area contributed by atoms with Crippen LogP contribution in [-0.2, 0) is 6.54 Å². The number of benzene rings is 2. The number of anilines is 1. The Hall–Kier alpha value is -2.33. The van der Waals surface area contributed by atoms with E-state index in [1.807, 2.05) is 18.2 Å². The molecule has 0 saturated heterocycles. The van der Waals surface area contributed by atoms with Gasteiger partial charge in [0.15, 0.2) is 0 Å². The van der Waals surface area contributed by atoms with Gasteiger partial charge in [-0.3, -0.25) is 0 Å². The highest BCUT2D eigenvalue weighted by molar-refractivity contribution is 5.80. The van der Waals surface area contributed by atoms with E-state index >= 15 is 0 Å². The first kappa shape index (κ1) is 16.0. The summed E-state index contributed by atoms with van der Waals surface area (Å²) in [5.41, 5.74) is 6.32. The summed E-state index contributed by atoms with van der Waals surface area (Å²) in [6.07, 6.45) is 1.76. The smallest absolute Gasteiger partial charge is 0.0620 e. The van der Waals surface area contributed by atoms with Gasteiger partial charge in [-0.1, -0.05) is 42.5 Å². The van der Waals surface area contributed by atoms with Crippen LogP contribution in [0.3, 0.4) is 0 Å². The molecule has 0 aliphatic rings. The number of aliphatic hydroxyl groups is 1. The van der Waals surface area contributed by atoms with Crippen LogP contribution >= 0.6 is 0 Å². The zero-order valence-electron chi connectivity index (χ0n) is 12.9. The Balaban J connectivity index is 1.99. The second-order valence-corrected chi connectivity index (χ2v) is 4.98. The summed E-state index contributed by atoms with van der Waals surface area (Å²) in [4.78, 5) is 2.33. The normalized spacial score (nSPS) is 10.8. The summed E-state index contributed by atoms with van der Waals surface area (Å²) in [5.74, 6) is 0. The first-order valence-corrected chi connectivity index (χ1v) is 7.59. The van der Waals surface area contributed by atoms with Crippen molar-refractivity contribution in [3.05, 3.63) is 65.7 Å². The van der Waals surface area contributed by atoms with Crippen molar-refractivity contribution in [2.75, 3.05) is 24.6 Å². The molecule has 116 valence electrons. The maximum atomic E-state index is 8.67. The summed E-state index contributed by atoms with van der Waals surface area (Å²) in [6, 6.07) is 18.8. The van der Waals surface area contributed by atoms with E-state index in [-0.39, 0.29) is 6.61 Å². The lowest BCUT2D eigenvalue weighted by atomic mass is 10.1. The van der Waals surface area contributed by atoms with Gasteiger partial charge in [-0.2, -0.15) is 5.10 Å². The van der Waals surface area contributed by atoms with E-state index < -0.39 is 0 Å². The molecule has 2 aromatic carbocycles. The van der Waals surface area contributed by atoms with Crippen molar-refractivity contribution in [3.63, 3.8) is 0 Å². The van der Waals surface area contributed by atoms with Gasteiger partial charge in [-0.25, -0.2) is 0 Å². The van der Waals surface area contributed by atoms with E-state index in [0.29, 0.717) is 6.54 Å². The van der Waals surface area contributed by atoms with Crippen molar-refractivity contribution in [1.29, 1.82) is 0 Å². The molecule has 22 heavy (non-hydrogen) atoms. The standard InChI is InChI=1S/C18H23N3O/c1-2-21(15-17-6-4-3-5-7-17)18-10-8-16(9-11-18)14-20-19-12-13-22/h3-11,14,19,22H,2,12-13,15H2,1H3. The first-order chi connectivity index (χ1) is 10.8. The molecule has 0 spiro atoms. The molecule has 0 atom stereocenters. The molecule has 2 N–H and O–H groups in total. The van der Waals surface area contributed by atoms with Crippen molar-refractivity contribution in [3.8, 4) is 0 Å². The van der Waals surface area contributed by atoms with Crippen molar-refractivity contribution in [2.45, 2.75) is 13.5 Å². The first-order valence-electron chi connectivity index (χ1n) is 7.59. The Kier molecular flexibility index (Phi) is 6.45. The van der Waals surface area contributed by atoms with Gasteiger partial charge in [0.2, 0.25) is 0 Å². The minimum atomic E-state index is 0.0845. The van der Waals surface area contributed by atoms with Gasteiger partial charge in [0.1, 0.15) is 0 Å². The van der Waals surface area contributed by atoms with Gasteiger partial charge in [0.05, 0.1) is 19.4 Å². The van der Waals surface area contributed by atoms with E-state index in [2.05, 4.69) is 58.7 Å². The number of nitrogens with one attached hydrogen (secondary N) is 1. The van der Waals surface area contributed by atoms with Crippen molar-refractivity contribution < 1.29 is 5.11 Å². The van der Waals surface area contributed by atoms with Crippen LogP contribution in [-0.4, -0.2) is 31.0 Å². The molecule has 2 aromatic rings. The molecule has 0 bridgehead atoms. The topological polar surface area (TPSA) is 47.9 Å². The van der Waals surface area contributed by atoms with Crippen LogP contribution < -0.4 is 10.3 Å². The van der Waals surface area contributed by atoms with Gasteiger partial charge in [0.25, 0.3) is 0 Å². The highest BCUT2D eigenvalue weighted by Gasteiger charge is 2.04. The van der Waals surface area contributed by atoms with E-state index in [1.165, 1.54) is 11.3 Å². The number of aliphatic hydroxyl groups excluding tert-OH is 1. The highest BCUT2D eigenvalue weighted by Crippen LogP contribution is 2.17. The van der Waals surface area contributed by atoms with E-state index in [0.717, 1.165) is 18.7 Å². The average molecular weight is 297 g/mol. The largest absolute Gasteiger partial charge is 0.394 e. The summed E-state index contributed by atoms with van der Waals surface area (Å²) < 4.78 is 0. The fraction of sp³-hybridized carbons (Fsp3) is 0.278.